The summed E-state index contributed by atoms with van der Waals surface area (Å²) < 4.78 is 13.2. The molecular formula is C15H13FN4. The molecule has 2 aromatic heterocycles. The fourth-order valence-corrected chi connectivity index (χ4v) is 2.18. The third kappa shape index (κ3) is 2.42. The van der Waals surface area contributed by atoms with Crippen molar-refractivity contribution >= 4 is 16.6 Å². The molecule has 2 heterocycles. The van der Waals surface area contributed by atoms with Crippen molar-refractivity contribution in [3.8, 4) is 0 Å². The van der Waals surface area contributed by atoms with E-state index >= 15 is 0 Å². The number of rotatable bonds is 3. The van der Waals surface area contributed by atoms with E-state index in [-0.39, 0.29) is 5.82 Å². The maximum Gasteiger partial charge on any atom is 0.125 e. The first kappa shape index (κ1) is 12.5. The van der Waals surface area contributed by atoms with Gasteiger partial charge in [-0.2, -0.15) is 0 Å². The Morgan fingerprint density at radius 1 is 1.10 bits per heavy atom. The van der Waals surface area contributed by atoms with Gasteiger partial charge in [0.1, 0.15) is 5.82 Å². The molecule has 0 unspecified atom stereocenters. The lowest BCUT2D eigenvalue weighted by molar-refractivity contribution is 0.629. The van der Waals surface area contributed by atoms with Crippen molar-refractivity contribution < 1.29 is 4.39 Å². The molecule has 0 N–H and O–H groups in total. The maximum atomic E-state index is 13.2. The number of fused-ring (bicyclic) bond motifs is 1. The number of nitrogens with zero attached hydrogens (tertiary/aromatic N) is 4. The van der Waals surface area contributed by atoms with Gasteiger partial charge in [0.25, 0.3) is 0 Å². The molecule has 3 rings (SSSR count). The van der Waals surface area contributed by atoms with E-state index in [1.54, 1.807) is 30.9 Å². The zero-order valence-corrected chi connectivity index (χ0v) is 11.0. The molecule has 0 atom stereocenters. The highest BCUT2D eigenvalue weighted by molar-refractivity contribution is 5.91. The molecule has 5 heteroatoms. The summed E-state index contributed by atoms with van der Waals surface area (Å²) in [6.07, 6.45) is 6.74. The van der Waals surface area contributed by atoms with Crippen LogP contribution in [-0.4, -0.2) is 22.0 Å². The normalized spacial score (nSPS) is 10.7. The number of hydrogen-bond acceptors (Lipinski definition) is 4. The summed E-state index contributed by atoms with van der Waals surface area (Å²) in [6, 6.07) is 6.55. The first-order valence-electron chi connectivity index (χ1n) is 6.24. The Balaban J connectivity index is 1.97. The molecular weight excluding hydrogens is 255 g/mol. The Labute approximate surface area is 115 Å². The molecule has 0 bridgehead atoms. The maximum absolute atomic E-state index is 13.2. The average molecular weight is 268 g/mol. The molecule has 100 valence electrons. The molecule has 0 aliphatic rings. The van der Waals surface area contributed by atoms with Gasteiger partial charge in [-0.3, -0.25) is 15.0 Å². The van der Waals surface area contributed by atoms with Crippen LogP contribution in [0.2, 0.25) is 0 Å². The summed E-state index contributed by atoms with van der Waals surface area (Å²) in [7, 11) is 1.97. The van der Waals surface area contributed by atoms with Crippen molar-refractivity contribution in [3.05, 3.63) is 60.6 Å². The van der Waals surface area contributed by atoms with Crippen molar-refractivity contribution in [2.45, 2.75) is 6.54 Å². The molecule has 0 saturated carbocycles. The molecule has 0 radical (unpaired) electrons. The molecule has 0 spiro atoms. The third-order valence-electron chi connectivity index (χ3n) is 3.11. The van der Waals surface area contributed by atoms with E-state index in [9.17, 15) is 4.39 Å². The van der Waals surface area contributed by atoms with Crippen LogP contribution >= 0.6 is 0 Å². The van der Waals surface area contributed by atoms with E-state index in [2.05, 4.69) is 15.0 Å². The van der Waals surface area contributed by atoms with Crippen molar-refractivity contribution in [2.24, 2.45) is 0 Å². The van der Waals surface area contributed by atoms with E-state index < -0.39 is 0 Å². The predicted octanol–water partition coefficient (Wildman–Crippen LogP) is 2.80. The van der Waals surface area contributed by atoms with Crippen LogP contribution in [0.15, 0.2) is 49.1 Å². The summed E-state index contributed by atoms with van der Waals surface area (Å²) in [4.78, 5) is 14.6. The van der Waals surface area contributed by atoms with E-state index in [0.717, 1.165) is 16.8 Å². The van der Waals surface area contributed by atoms with Gasteiger partial charge in [0, 0.05) is 42.8 Å². The second kappa shape index (κ2) is 5.21. The van der Waals surface area contributed by atoms with Crippen LogP contribution in [0.5, 0.6) is 0 Å². The minimum atomic E-state index is -0.279. The average Bonchev–Trinajstić information content (AvgIpc) is 2.47. The molecule has 0 saturated heterocycles. The summed E-state index contributed by atoms with van der Waals surface area (Å²) in [5, 5.41) is 0.917. The van der Waals surface area contributed by atoms with Crippen molar-refractivity contribution in [1.29, 1.82) is 0 Å². The largest absolute Gasteiger partial charge is 0.368 e. The molecule has 4 nitrogen and oxygen atoms in total. The summed E-state index contributed by atoms with van der Waals surface area (Å²) >= 11 is 0. The molecule has 1 aromatic carbocycles. The number of halogens is 1. The molecule has 0 amide bonds. The lowest BCUT2D eigenvalue weighted by atomic mass is 10.1. The van der Waals surface area contributed by atoms with E-state index in [1.807, 2.05) is 18.0 Å². The molecule has 0 fully saturated rings. The van der Waals surface area contributed by atoms with Crippen molar-refractivity contribution in [3.63, 3.8) is 0 Å². The Hall–Kier alpha value is -2.56. The van der Waals surface area contributed by atoms with Gasteiger partial charge in [-0.25, -0.2) is 4.39 Å². The highest BCUT2D eigenvalue weighted by Crippen LogP contribution is 2.25. The predicted molar refractivity (Wildman–Crippen MR) is 75.8 cm³/mol. The van der Waals surface area contributed by atoms with Gasteiger partial charge in [0.2, 0.25) is 0 Å². The lowest BCUT2D eigenvalue weighted by Crippen LogP contribution is -2.17. The number of anilines is 1. The monoisotopic (exact) mass is 268 g/mol. The SMILES string of the molecule is CN(Cc1cnccn1)c1ccnc2cc(F)ccc12. The fraction of sp³-hybridized carbons (Fsp3) is 0.133. The van der Waals surface area contributed by atoms with Crippen LogP contribution in [0, 0.1) is 5.82 Å². The van der Waals surface area contributed by atoms with Crippen LogP contribution in [0.1, 0.15) is 5.69 Å². The van der Waals surface area contributed by atoms with E-state index in [0.29, 0.717) is 12.1 Å². The zero-order valence-electron chi connectivity index (χ0n) is 11.0. The van der Waals surface area contributed by atoms with Crippen LogP contribution in [0.25, 0.3) is 10.9 Å². The first-order chi connectivity index (χ1) is 9.74. The minimum Gasteiger partial charge on any atom is -0.368 e. The molecule has 0 aliphatic heterocycles. The second-order valence-electron chi connectivity index (χ2n) is 4.54. The van der Waals surface area contributed by atoms with Crippen molar-refractivity contribution in [2.75, 3.05) is 11.9 Å². The highest BCUT2D eigenvalue weighted by atomic mass is 19.1. The van der Waals surface area contributed by atoms with Crippen LogP contribution in [0.3, 0.4) is 0 Å². The van der Waals surface area contributed by atoms with Crippen molar-refractivity contribution in [1.82, 2.24) is 15.0 Å². The Kier molecular flexibility index (Phi) is 3.25. The summed E-state index contributed by atoms with van der Waals surface area (Å²) in [6.45, 7) is 0.629. The second-order valence-corrected chi connectivity index (χ2v) is 4.54. The van der Waals surface area contributed by atoms with Gasteiger partial charge in [0.15, 0.2) is 0 Å². The topological polar surface area (TPSA) is 41.9 Å². The smallest absolute Gasteiger partial charge is 0.125 e. The van der Waals surface area contributed by atoms with Gasteiger partial charge < -0.3 is 4.90 Å². The Morgan fingerprint density at radius 2 is 2.00 bits per heavy atom. The number of pyridine rings is 1. The molecule has 0 aliphatic carbocycles. The number of hydrogen-bond donors (Lipinski definition) is 0. The fourth-order valence-electron chi connectivity index (χ4n) is 2.18. The van der Waals surface area contributed by atoms with Gasteiger partial charge in [0.05, 0.1) is 24.0 Å². The lowest BCUT2D eigenvalue weighted by Gasteiger charge is -2.20. The first-order valence-corrected chi connectivity index (χ1v) is 6.24. The minimum absolute atomic E-state index is 0.279. The van der Waals surface area contributed by atoms with Gasteiger partial charge in [-0.05, 0) is 18.2 Å². The molecule has 20 heavy (non-hydrogen) atoms. The van der Waals surface area contributed by atoms with Crippen LogP contribution in [0.4, 0.5) is 10.1 Å². The molecule has 3 aromatic rings. The van der Waals surface area contributed by atoms with E-state index in [4.69, 9.17) is 0 Å². The summed E-state index contributed by atoms with van der Waals surface area (Å²) in [5.74, 6) is -0.279. The number of aromatic nitrogens is 3. The third-order valence-corrected chi connectivity index (χ3v) is 3.11. The van der Waals surface area contributed by atoms with Gasteiger partial charge >= 0.3 is 0 Å². The number of benzene rings is 1. The van der Waals surface area contributed by atoms with Gasteiger partial charge in [-0.15, -0.1) is 0 Å². The Bertz CT molecular complexity index is 730. The summed E-state index contributed by atoms with van der Waals surface area (Å²) in [5.41, 5.74) is 2.51. The van der Waals surface area contributed by atoms with Crippen LogP contribution < -0.4 is 4.90 Å². The standard InChI is InChI=1S/C15H13FN4/c1-20(10-12-9-17-6-7-18-12)15-4-5-19-14-8-11(16)2-3-13(14)15/h2-9H,10H2,1H3. The Morgan fingerprint density at radius 3 is 2.80 bits per heavy atom. The van der Waals surface area contributed by atoms with E-state index in [1.165, 1.54) is 12.1 Å². The zero-order chi connectivity index (χ0) is 13.9. The quantitative estimate of drug-likeness (QED) is 0.732. The van der Waals surface area contributed by atoms with Crippen LogP contribution in [-0.2, 0) is 6.54 Å². The highest BCUT2D eigenvalue weighted by Gasteiger charge is 2.08. The van der Waals surface area contributed by atoms with Gasteiger partial charge in [-0.1, -0.05) is 0 Å².